The fourth-order valence-corrected chi connectivity index (χ4v) is 5.44. The zero-order valence-electron chi connectivity index (χ0n) is 23.3. The van der Waals surface area contributed by atoms with Crippen LogP contribution in [-0.4, -0.2) is 54.6 Å². The molecule has 2 N–H and O–H groups in total. The van der Waals surface area contributed by atoms with E-state index in [2.05, 4.69) is 60.6 Å². The van der Waals surface area contributed by atoms with Gasteiger partial charge in [0, 0.05) is 56.2 Å². The normalized spacial score (nSPS) is 20.2. The summed E-state index contributed by atoms with van der Waals surface area (Å²) in [5, 5.41) is 17.1. The average Bonchev–Trinajstić information content (AvgIpc) is 2.91. The van der Waals surface area contributed by atoms with Crippen molar-refractivity contribution in [1.82, 2.24) is 10.2 Å². The van der Waals surface area contributed by atoms with Gasteiger partial charge >= 0.3 is 12.2 Å². The predicted molar refractivity (Wildman–Crippen MR) is 150 cm³/mol. The Bertz CT molecular complexity index is 1180. The van der Waals surface area contributed by atoms with Gasteiger partial charge in [0.15, 0.2) is 0 Å². The first-order valence-electron chi connectivity index (χ1n) is 13.8. The molecule has 40 heavy (non-hydrogen) atoms. The number of piperazine rings is 1. The van der Waals surface area contributed by atoms with Crippen LogP contribution < -0.4 is 15.5 Å². The van der Waals surface area contributed by atoms with E-state index in [1.165, 1.54) is 17.3 Å². The third-order valence-corrected chi connectivity index (χ3v) is 7.92. The lowest BCUT2D eigenvalue weighted by Crippen LogP contribution is -2.52. The van der Waals surface area contributed by atoms with Gasteiger partial charge < -0.3 is 20.4 Å². The lowest BCUT2D eigenvalue weighted by Gasteiger charge is -2.37. The second-order valence-electron chi connectivity index (χ2n) is 11.8. The van der Waals surface area contributed by atoms with Crippen LogP contribution in [0.25, 0.3) is 0 Å². The molecule has 0 unspecified atom stereocenters. The van der Waals surface area contributed by atoms with Crippen LogP contribution in [0.5, 0.6) is 0 Å². The third-order valence-electron chi connectivity index (χ3n) is 7.92. The maximum Gasteiger partial charge on any atom is 0.423 e. The van der Waals surface area contributed by atoms with Crippen LogP contribution in [0.2, 0.25) is 0 Å². The molecule has 0 atom stereocenters. The Hall–Kier alpha value is -3.50. The Morgan fingerprint density at radius 2 is 1.60 bits per heavy atom. The number of nitro benzene ring substituents is 1. The van der Waals surface area contributed by atoms with Crippen molar-refractivity contribution in [3.63, 3.8) is 0 Å². The van der Waals surface area contributed by atoms with E-state index in [1.54, 1.807) is 0 Å². The molecule has 11 heteroatoms. The van der Waals surface area contributed by atoms with E-state index in [1.807, 2.05) is 4.90 Å². The Labute approximate surface area is 233 Å². The molecule has 0 aromatic heterocycles. The molecule has 218 valence electrons. The van der Waals surface area contributed by atoms with Crippen LogP contribution in [0.1, 0.15) is 57.6 Å². The topological polar surface area (TPSA) is 90.8 Å². The highest BCUT2D eigenvalue weighted by atomic mass is 19.4. The maximum atomic E-state index is 13.3. The summed E-state index contributed by atoms with van der Waals surface area (Å²) < 4.78 is 39.8. The van der Waals surface area contributed by atoms with Crippen LogP contribution >= 0.6 is 0 Å². The first-order valence-corrected chi connectivity index (χ1v) is 13.8. The second-order valence-corrected chi connectivity index (χ2v) is 11.8. The van der Waals surface area contributed by atoms with Gasteiger partial charge in [-0.1, -0.05) is 32.9 Å². The lowest BCUT2D eigenvalue weighted by molar-refractivity contribution is -0.388. The summed E-state index contributed by atoms with van der Waals surface area (Å²) in [7, 11) is 0. The molecular formula is C29H38F3N5O3. The number of carbonyl (C=O) groups excluding carboxylic acids is 1. The van der Waals surface area contributed by atoms with Crippen LogP contribution in [0, 0.1) is 16.0 Å². The monoisotopic (exact) mass is 561 g/mol. The molecule has 1 heterocycles. The quantitative estimate of drug-likeness (QED) is 0.314. The van der Waals surface area contributed by atoms with Gasteiger partial charge in [0.1, 0.15) is 5.56 Å². The number of halogens is 3. The molecule has 2 fully saturated rings. The van der Waals surface area contributed by atoms with Crippen molar-refractivity contribution in [1.29, 1.82) is 0 Å². The highest BCUT2D eigenvalue weighted by Crippen LogP contribution is 2.38. The largest absolute Gasteiger partial charge is 0.423 e. The standard InChI is InChI=1S/C29H38F3N5O3/c1-28(2,3)21-6-11-24(12-7-21)35-14-16-36(17-15-35)27(38)33-19-20-4-8-22(9-5-20)34-23-10-13-26(37(39)40)25(18-23)29(30,31)32/h6-7,10-13,18,20,22,34H,4-5,8-9,14-17,19H2,1-3H3,(H,33,38). The summed E-state index contributed by atoms with van der Waals surface area (Å²) in [6, 6.07) is 11.6. The molecule has 1 aliphatic carbocycles. The van der Waals surface area contributed by atoms with Crippen molar-refractivity contribution >= 4 is 23.1 Å². The molecule has 2 amide bonds. The van der Waals surface area contributed by atoms with Gasteiger partial charge in [-0.15, -0.1) is 0 Å². The van der Waals surface area contributed by atoms with Crippen molar-refractivity contribution in [2.45, 2.75) is 64.1 Å². The molecule has 0 bridgehead atoms. The molecule has 2 aromatic rings. The van der Waals surface area contributed by atoms with Gasteiger partial charge in [-0.2, -0.15) is 13.2 Å². The highest BCUT2D eigenvalue weighted by molar-refractivity contribution is 5.74. The summed E-state index contributed by atoms with van der Waals surface area (Å²) in [6.45, 7) is 10.0. The molecule has 2 aromatic carbocycles. The van der Waals surface area contributed by atoms with Crippen molar-refractivity contribution in [2.24, 2.45) is 5.92 Å². The van der Waals surface area contributed by atoms with E-state index in [4.69, 9.17) is 0 Å². The molecule has 4 rings (SSSR count). The number of urea groups is 1. The van der Waals surface area contributed by atoms with E-state index >= 15 is 0 Å². The lowest BCUT2D eigenvalue weighted by atomic mass is 9.86. The van der Waals surface area contributed by atoms with Gasteiger partial charge in [0.05, 0.1) is 4.92 Å². The number of anilines is 2. The SMILES string of the molecule is CC(C)(C)c1ccc(N2CCN(C(=O)NCC3CCC(Nc4ccc([N+](=O)[O-])c(C(F)(F)F)c4)CC3)CC2)cc1. The first-order chi connectivity index (χ1) is 18.8. The average molecular weight is 562 g/mol. The summed E-state index contributed by atoms with van der Waals surface area (Å²) in [4.78, 5) is 26.9. The zero-order chi connectivity index (χ0) is 29.1. The van der Waals surface area contributed by atoms with E-state index in [0.717, 1.165) is 50.9 Å². The molecule has 1 saturated carbocycles. The van der Waals surface area contributed by atoms with E-state index in [9.17, 15) is 28.1 Å². The second kappa shape index (κ2) is 11.9. The smallest absolute Gasteiger partial charge is 0.382 e. The minimum Gasteiger partial charge on any atom is -0.382 e. The maximum absolute atomic E-state index is 13.3. The Balaban J connectivity index is 1.19. The Morgan fingerprint density at radius 3 is 2.15 bits per heavy atom. The molecule has 8 nitrogen and oxygen atoms in total. The zero-order valence-corrected chi connectivity index (χ0v) is 23.3. The van der Waals surface area contributed by atoms with Crippen molar-refractivity contribution in [3.05, 3.63) is 63.7 Å². The summed E-state index contributed by atoms with van der Waals surface area (Å²) in [6.07, 6.45) is -1.66. The fraction of sp³-hybridized carbons (Fsp3) is 0.552. The molecule has 0 radical (unpaired) electrons. The minimum absolute atomic E-state index is 0.0277. The Kier molecular flexibility index (Phi) is 8.80. The molecule has 1 aliphatic heterocycles. The number of nitrogens with one attached hydrogen (secondary N) is 2. The summed E-state index contributed by atoms with van der Waals surface area (Å²) >= 11 is 0. The number of nitrogens with zero attached hydrogens (tertiary/aromatic N) is 3. The third kappa shape index (κ3) is 7.37. The van der Waals surface area contributed by atoms with Gasteiger partial charge in [-0.25, -0.2) is 4.79 Å². The van der Waals surface area contributed by atoms with E-state index in [0.29, 0.717) is 25.6 Å². The summed E-state index contributed by atoms with van der Waals surface area (Å²) in [5.74, 6) is 0.298. The summed E-state index contributed by atoms with van der Waals surface area (Å²) in [5.41, 5.74) is 0.590. The van der Waals surface area contributed by atoms with Crippen LogP contribution in [0.3, 0.4) is 0 Å². The van der Waals surface area contributed by atoms with Gasteiger partial charge in [-0.05, 0) is 66.8 Å². The predicted octanol–water partition coefficient (Wildman–Crippen LogP) is 6.41. The van der Waals surface area contributed by atoms with Crippen molar-refractivity contribution < 1.29 is 22.9 Å². The first kappa shape index (κ1) is 29.5. The van der Waals surface area contributed by atoms with Crippen LogP contribution in [0.4, 0.5) is 35.0 Å². The number of carbonyl (C=O) groups is 1. The number of rotatable bonds is 6. The minimum atomic E-state index is -4.81. The van der Waals surface area contributed by atoms with Crippen LogP contribution in [0.15, 0.2) is 42.5 Å². The number of benzene rings is 2. The number of hydrogen-bond acceptors (Lipinski definition) is 5. The van der Waals surface area contributed by atoms with E-state index < -0.39 is 22.4 Å². The molecule has 1 saturated heterocycles. The van der Waals surface area contributed by atoms with Crippen LogP contribution in [-0.2, 0) is 11.6 Å². The van der Waals surface area contributed by atoms with Crippen molar-refractivity contribution in [3.8, 4) is 0 Å². The number of alkyl halides is 3. The molecular weight excluding hydrogens is 523 g/mol. The number of amides is 2. The Morgan fingerprint density at radius 1 is 0.975 bits per heavy atom. The molecule has 0 spiro atoms. The fourth-order valence-electron chi connectivity index (χ4n) is 5.44. The van der Waals surface area contributed by atoms with Gasteiger partial charge in [-0.3, -0.25) is 10.1 Å². The molecule has 2 aliphatic rings. The van der Waals surface area contributed by atoms with E-state index in [-0.39, 0.29) is 23.2 Å². The highest BCUT2D eigenvalue weighted by Gasteiger charge is 2.38. The van der Waals surface area contributed by atoms with Crippen molar-refractivity contribution in [2.75, 3.05) is 42.9 Å². The number of nitro groups is 1. The van der Waals surface area contributed by atoms with Gasteiger partial charge in [0.2, 0.25) is 0 Å². The van der Waals surface area contributed by atoms with Gasteiger partial charge in [0.25, 0.3) is 5.69 Å². The number of hydrogen-bond donors (Lipinski definition) is 2.